The molecule has 0 aliphatic heterocycles. The Morgan fingerprint density at radius 3 is 2.60 bits per heavy atom. The molecular weight excluding hydrogens is 256 g/mol. The minimum Gasteiger partial charge on any atom is -0.490 e. The van der Waals surface area contributed by atoms with Gasteiger partial charge in [-0.05, 0) is 37.7 Å². The van der Waals surface area contributed by atoms with Crippen molar-refractivity contribution >= 4 is 5.69 Å². The van der Waals surface area contributed by atoms with Crippen molar-refractivity contribution < 1.29 is 9.66 Å². The van der Waals surface area contributed by atoms with Crippen molar-refractivity contribution in [2.75, 3.05) is 0 Å². The molecule has 1 aromatic carbocycles. The van der Waals surface area contributed by atoms with Gasteiger partial charge in [0.1, 0.15) is 5.75 Å². The summed E-state index contributed by atoms with van der Waals surface area (Å²) >= 11 is 0. The van der Waals surface area contributed by atoms with Crippen LogP contribution in [0.15, 0.2) is 18.2 Å². The fourth-order valence-corrected chi connectivity index (χ4v) is 2.79. The van der Waals surface area contributed by atoms with Crippen molar-refractivity contribution in [1.29, 1.82) is 0 Å². The van der Waals surface area contributed by atoms with Gasteiger partial charge in [0.25, 0.3) is 5.69 Å². The van der Waals surface area contributed by atoms with Gasteiger partial charge in [0, 0.05) is 24.2 Å². The summed E-state index contributed by atoms with van der Waals surface area (Å²) in [6.45, 7) is 2.48. The van der Waals surface area contributed by atoms with E-state index in [2.05, 4.69) is 6.92 Å². The van der Waals surface area contributed by atoms with Crippen molar-refractivity contribution in [3.8, 4) is 5.75 Å². The zero-order chi connectivity index (χ0) is 14.5. The molecule has 0 atom stereocenters. The van der Waals surface area contributed by atoms with Gasteiger partial charge in [-0.2, -0.15) is 0 Å². The lowest BCUT2D eigenvalue weighted by Gasteiger charge is -2.28. The van der Waals surface area contributed by atoms with Crippen LogP contribution in [0, 0.1) is 16.0 Å². The maximum Gasteiger partial charge on any atom is 0.270 e. The van der Waals surface area contributed by atoms with Crippen LogP contribution < -0.4 is 10.5 Å². The maximum atomic E-state index is 10.8. The molecule has 0 saturated heterocycles. The van der Waals surface area contributed by atoms with Crippen LogP contribution in [0.1, 0.15) is 44.6 Å². The smallest absolute Gasteiger partial charge is 0.270 e. The van der Waals surface area contributed by atoms with E-state index < -0.39 is 4.92 Å². The van der Waals surface area contributed by atoms with Crippen LogP contribution in [0.3, 0.4) is 0 Å². The highest BCUT2D eigenvalue weighted by Crippen LogP contribution is 2.31. The molecule has 0 amide bonds. The second-order valence-electron chi connectivity index (χ2n) is 5.42. The van der Waals surface area contributed by atoms with Gasteiger partial charge in [0.05, 0.1) is 11.0 Å². The first-order valence-corrected chi connectivity index (χ1v) is 7.28. The van der Waals surface area contributed by atoms with Gasteiger partial charge in [0.2, 0.25) is 0 Å². The number of nitrogens with two attached hydrogens (primary N) is 1. The number of nitrogens with zero attached hydrogens (tertiary/aromatic N) is 1. The van der Waals surface area contributed by atoms with E-state index in [1.807, 2.05) is 0 Å². The molecule has 0 spiro atoms. The Morgan fingerprint density at radius 1 is 1.35 bits per heavy atom. The van der Waals surface area contributed by atoms with Crippen molar-refractivity contribution in [3.63, 3.8) is 0 Å². The molecule has 1 saturated carbocycles. The first-order valence-electron chi connectivity index (χ1n) is 7.28. The Morgan fingerprint density at radius 2 is 2.05 bits per heavy atom. The molecule has 0 heterocycles. The highest BCUT2D eigenvalue weighted by molar-refractivity contribution is 5.43. The lowest BCUT2D eigenvalue weighted by atomic mass is 9.86. The van der Waals surface area contributed by atoms with Gasteiger partial charge in [-0.1, -0.05) is 13.3 Å². The average Bonchev–Trinajstić information content (AvgIpc) is 2.48. The largest absolute Gasteiger partial charge is 0.490 e. The third kappa shape index (κ3) is 3.48. The van der Waals surface area contributed by atoms with Crippen molar-refractivity contribution in [2.24, 2.45) is 11.7 Å². The van der Waals surface area contributed by atoms with Gasteiger partial charge in [-0.25, -0.2) is 0 Å². The van der Waals surface area contributed by atoms with E-state index in [9.17, 15) is 10.1 Å². The van der Waals surface area contributed by atoms with Crippen LogP contribution in [0.25, 0.3) is 0 Å². The summed E-state index contributed by atoms with van der Waals surface area (Å²) in [6.07, 6.45) is 5.96. The third-order valence-corrected chi connectivity index (χ3v) is 4.14. The van der Waals surface area contributed by atoms with E-state index in [0.717, 1.165) is 18.8 Å². The molecule has 2 rings (SSSR count). The molecule has 0 radical (unpaired) electrons. The molecule has 5 nitrogen and oxygen atoms in total. The maximum absolute atomic E-state index is 10.8. The number of nitro groups is 1. The van der Waals surface area contributed by atoms with Crippen LogP contribution in [-0.2, 0) is 6.54 Å². The fraction of sp³-hybridized carbons (Fsp3) is 0.600. The number of nitro benzene ring substituents is 1. The van der Waals surface area contributed by atoms with Crippen molar-refractivity contribution in [1.82, 2.24) is 0 Å². The predicted molar refractivity (Wildman–Crippen MR) is 77.7 cm³/mol. The Labute approximate surface area is 119 Å². The monoisotopic (exact) mass is 278 g/mol. The Balaban J connectivity index is 2.04. The topological polar surface area (TPSA) is 78.4 Å². The van der Waals surface area contributed by atoms with Crippen molar-refractivity contribution in [2.45, 2.75) is 51.7 Å². The van der Waals surface area contributed by atoms with Crippen LogP contribution in [0.2, 0.25) is 0 Å². The summed E-state index contributed by atoms with van der Waals surface area (Å²) in [6, 6.07) is 4.66. The van der Waals surface area contributed by atoms with E-state index in [4.69, 9.17) is 10.5 Å². The number of non-ortho nitro benzene ring substituents is 1. The quantitative estimate of drug-likeness (QED) is 0.661. The molecular formula is C15H22N2O3. The van der Waals surface area contributed by atoms with Gasteiger partial charge < -0.3 is 10.5 Å². The second-order valence-corrected chi connectivity index (χ2v) is 5.42. The molecule has 20 heavy (non-hydrogen) atoms. The summed E-state index contributed by atoms with van der Waals surface area (Å²) in [5.41, 5.74) is 6.43. The molecule has 110 valence electrons. The lowest BCUT2D eigenvalue weighted by Crippen LogP contribution is -2.24. The van der Waals surface area contributed by atoms with Gasteiger partial charge >= 0.3 is 0 Å². The lowest BCUT2D eigenvalue weighted by molar-refractivity contribution is -0.384. The number of hydrogen-bond acceptors (Lipinski definition) is 4. The molecule has 0 bridgehead atoms. The first-order chi connectivity index (χ1) is 9.63. The van der Waals surface area contributed by atoms with E-state index in [1.54, 1.807) is 6.07 Å². The molecule has 1 fully saturated rings. The number of ether oxygens (including phenoxy) is 1. The van der Waals surface area contributed by atoms with E-state index in [0.29, 0.717) is 11.3 Å². The first kappa shape index (κ1) is 14.8. The average molecular weight is 278 g/mol. The molecule has 0 unspecified atom stereocenters. The highest BCUT2D eigenvalue weighted by atomic mass is 16.6. The number of hydrogen-bond donors (Lipinski definition) is 1. The highest BCUT2D eigenvalue weighted by Gasteiger charge is 2.22. The molecule has 2 N–H and O–H groups in total. The van der Waals surface area contributed by atoms with E-state index in [1.165, 1.54) is 31.4 Å². The Hall–Kier alpha value is -1.62. The number of rotatable bonds is 5. The third-order valence-electron chi connectivity index (χ3n) is 4.14. The van der Waals surface area contributed by atoms with Gasteiger partial charge in [0.15, 0.2) is 0 Å². The molecule has 5 heteroatoms. The molecule has 1 aliphatic rings. The fourth-order valence-electron chi connectivity index (χ4n) is 2.79. The summed E-state index contributed by atoms with van der Waals surface area (Å²) in [4.78, 5) is 10.4. The van der Waals surface area contributed by atoms with E-state index in [-0.39, 0.29) is 18.3 Å². The predicted octanol–water partition coefficient (Wildman–Crippen LogP) is 3.40. The van der Waals surface area contributed by atoms with Crippen molar-refractivity contribution in [3.05, 3.63) is 33.9 Å². The summed E-state index contributed by atoms with van der Waals surface area (Å²) < 4.78 is 6.00. The van der Waals surface area contributed by atoms with Crippen LogP contribution >= 0.6 is 0 Å². The van der Waals surface area contributed by atoms with Crippen LogP contribution in [0.5, 0.6) is 5.75 Å². The number of benzene rings is 1. The summed E-state index contributed by atoms with van der Waals surface area (Å²) in [5.74, 6) is 1.51. The second kappa shape index (κ2) is 6.70. The van der Waals surface area contributed by atoms with E-state index >= 15 is 0 Å². The molecule has 1 aliphatic carbocycles. The van der Waals surface area contributed by atoms with Crippen LogP contribution in [-0.4, -0.2) is 11.0 Å². The molecule has 1 aromatic rings. The van der Waals surface area contributed by atoms with Crippen LogP contribution in [0.4, 0.5) is 5.69 Å². The summed E-state index contributed by atoms with van der Waals surface area (Å²) in [5, 5.41) is 10.8. The zero-order valence-electron chi connectivity index (χ0n) is 11.9. The van der Waals surface area contributed by atoms with Gasteiger partial charge in [-0.3, -0.25) is 10.1 Å². The summed E-state index contributed by atoms with van der Waals surface area (Å²) in [7, 11) is 0. The minimum absolute atomic E-state index is 0.0625. The standard InChI is InChI=1S/C15H22N2O3/c1-2-11-3-6-14(7-4-11)20-15-8-5-13(17(18)19)9-12(15)10-16/h5,8-9,11,14H,2-4,6-7,10,16H2,1H3. The Bertz CT molecular complexity index is 468. The minimum atomic E-state index is -0.407. The SMILES string of the molecule is CCC1CCC(Oc2ccc([N+](=O)[O-])cc2CN)CC1. The Kier molecular flexibility index (Phi) is 4.95. The normalized spacial score (nSPS) is 22.5. The molecule has 0 aromatic heterocycles. The zero-order valence-corrected chi connectivity index (χ0v) is 11.9. The van der Waals surface area contributed by atoms with Gasteiger partial charge in [-0.15, -0.1) is 0 Å².